The molecule has 0 saturated carbocycles. The predicted molar refractivity (Wildman–Crippen MR) is 52.7 cm³/mol. The third-order valence-corrected chi connectivity index (χ3v) is 1.74. The standard InChI is InChI=1S/C10H12N2O3/c1-4-15-10(14)8-5-11-7(3)12-9(8)6(2)13/h5H,4H2,1-3H3. The van der Waals surface area contributed by atoms with Gasteiger partial charge in [0.2, 0.25) is 0 Å². The first-order valence-corrected chi connectivity index (χ1v) is 4.58. The molecule has 0 N–H and O–H groups in total. The second kappa shape index (κ2) is 4.63. The SMILES string of the molecule is CCOC(=O)c1cnc(C)nc1C(C)=O. The van der Waals surface area contributed by atoms with Crippen LogP contribution in [0.3, 0.4) is 0 Å². The first-order chi connectivity index (χ1) is 7.06. The molecule has 0 amide bonds. The van der Waals surface area contributed by atoms with Crippen molar-refractivity contribution in [1.82, 2.24) is 9.97 Å². The van der Waals surface area contributed by atoms with Gasteiger partial charge in [-0.15, -0.1) is 0 Å². The van der Waals surface area contributed by atoms with E-state index in [-0.39, 0.29) is 23.6 Å². The summed E-state index contributed by atoms with van der Waals surface area (Å²) in [5, 5.41) is 0. The zero-order chi connectivity index (χ0) is 11.4. The number of ether oxygens (including phenoxy) is 1. The highest BCUT2D eigenvalue weighted by Gasteiger charge is 2.17. The highest BCUT2D eigenvalue weighted by Crippen LogP contribution is 2.08. The lowest BCUT2D eigenvalue weighted by molar-refractivity contribution is 0.0522. The van der Waals surface area contributed by atoms with Crippen LogP contribution in [-0.2, 0) is 4.74 Å². The molecule has 0 unspecified atom stereocenters. The van der Waals surface area contributed by atoms with Crippen molar-refractivity contribution in [1.29, 1.82) is 0 Å². The van der Waals surface area contributed by atoms with E-state index in [9.17, 15) is 9.59 Å². The van der Waals surface area contributed by atoms with E-state index in [0.29, 0.717) is 5.82 Å². The normalized spacial score (nSPS) is 9.80. The van der Waals surface area contributed by atoms with Crippen molar-refractivity contribution >= 4 is 11.8 Å². The van der Waals surface area contributed by atoms with Gasteiger partial charge in [0, 0.05) is 13.1 Å². The molecule has 1 aromatic heterocycles. The summed E-state index contributed by atoms with van der Waals surface area (Å²) < 4.78 is 4.79. The number of ketones is 1. The Kier molecular flexibility index (Phi) is 3.49. The van der Waals surface area contributed by atoms with Gasteiger partial charge >= 0.3 is 5.97 Å². The minimum atomic E-state index is -0.567. The molecule has 1 rings (SSSR count). The summed E-state index contributed by atoms with van der Waals surface area (Å²) in [7, 11) is 0. The first-order valence-electron chi connectivity index (χ1n) is 4.58. The maximum atomic E-state index is 11.4. The summed E-state index contributed by atoms with van der Waals surface area (Å²) in [6, 6.07) is 0. The lowest BCUT2D eigenvalue weighted by Crippen LogP contribution is -2.13. The molecule has 0 radical (unpaired) electrons. The number of nitrogens with zero attached hydrogens (tertiary/aromatic N) is 2. The number of carbonyl (C=O) groups is 2. The highest BCUT2D eigenvalue weighted by molar-refractivity contribution is 6.03. The van der Waals surface area contributed by atoms with Crippen LogP contribution in [0.1, 0.15) is 40.5 Å². The Balaban J connectivity index is 3.17. The van der Waals surface area contributed by atoms with E-state index in [1.54, 1.807) is 13.8 Å². The van der Waals surface area contributed by atoms with Crippen LogP contribution in [0, 0.1) is 6.92 Å². The molecule has 0 saturated heterocycles. The van der Waals surface area contributed by atoms with Crippen LogP contribution in [0.2, 0.25) is 0 Å². The van der Waals surface area contributed by atoms with Crippen molar-refractivity contribution in [3.8, 4) is 0 Å². The van der Waals surface area contributed by atoms with Gasteiger partial charge in [0.1, 0.15) is 17.1 Å². The van der Waals surface area contributed by atoms with Crippen LogP contribution in [0.15, 0.2) is 6.20 Å². The minimum Gasteiger partial charge on any atom is -0.462 e. The zero-order valence-electron chi connectivity index (χ0n) is 8.90. The molecule has 5 nitrogen and oxygen atoms in total. The molecule has 0 aromatic carbocycles. The number of rotatable bonds is 3. The maximum absolute atomic E-state index is 11.4. The molecule has 0 fully saturated rings. The van der Waals surface area contributed by atoms with E-state index >= 15 is 0 Å². The van der Waals surface area contributed by atoms with Gasteiger partial charge in [-0.2, -0.15) is 0 Å². The lowest BCUT2D eigenvalue weighted by Gasteiger charge is -2.05. The summed E-state index contributed by atoms with van der Waals surface area (Å²) in [6.07, 6.45) is 1.32. The molecule has 0 bridgehead atoms. The Bertz CT molecular complexity index is 402. The van der Waals surface area contributed by atoms with Crippen molar-refractivity contribution in [2.45, 2.75) is 20.8 Å². The van der Waals surface area contributed by atoms with Crippen LogP contribution in [0.25, 0.3) is 0 Å². The lowest BCUT2D eigenvalue weighted by atomic mass is 10.2. The molecule has 0 aliphatic rings. The third kappa shape index (κ3) is 2.59. The third-order valence-electron chi connectivity index (χ3n) is 1.74. The molecule has 1 aromatic rings. The van der Waals surface area contributed by atoms with E-state index in [1.807, 2.05) is 0 Å². The van der Waals surface area contributed by atoms with E-state index < -0.39 is 5.97 Å². The topological polar surface area (TPSA) is 69.2 Å². The first kappa shape index (κ1) is 11.3. The average Bonchev–Trinajstić information content (AvgIpc) is 2.17. The highest BCUT2D eigenvalue weighted by atomic mass is 16.5. The average molecular weight is 208 g/mol. The molecule has 5 heteroatoms. The Labute approximate surface area is 87.5 Å². The van der Waals surface area contributed by atoms with Gasteiger partial charge in [-0.3, -0.25) is 4.79 Å². The van der Waals surface area contributed by atoms with E-state index in [0.717, 1.165) is 0 Å². The Hall–Kier alpha value is -1.78. The number of carbonyl (C=O) groups excluding carboxylic acids is 2. The van der Waals surface area contributed by atoms with Crippen molar-refractivity contribution < 1.29 is 14.3 Å². The summed E-state index contributed by atoms with van der Waals surface area (Å²) in [6.45, 7) is 4.95. The van der Waals surface area contributed by atoms with Crippen molar-refractivity contribution in [3.05, 3.63) is 23.3 Å². The second-order valence-corrected chi connectivity index (χ2v) is 2.96. The Morgan fingerprint density at radius 3 is 2.67 bits per heavy atom. The van der Waals surface area contributed by atoms with Crippen LogP contribution < -0.4 is 0 Å². The smallest absolute Gasteiger partial charge is 0.342 e. The summed E-state index contributed by atoms with van der Waals surface area (Å²) in [5.74, 6) is -0.389. The predicted octanol–water partition coefficient (Wildman–Crippen LogP) is 1.16. The summed E-state index contributed by atoms with van der Waals surface area (Å²) >= 11 is 0. The molecule has 80 valence electrons. The number of Topliss-reactive ketones (excluding diaryl/α,β-unsaturated/α-hetero) is 1. The van der Waals surface area contributed by atoms with E-state index in [2.05, 4.69) is 9.97 Å². The van der Waals surface area contributed by atoms with Gasteiger partial charge in [-0.05, 0) is 13.8 Å². The molecule has 0 aliphatic heterocycles. The Morgan fingerprint density at radius 2 is 2.13 bits per heavy atom. The Morgan fingerprint density at radius 1 is 1.47 bits per heavy atom. The monoisotopic (exact) mass is 208 g/mol. The summed E-state index contributed by atoms with van der Waals surface area (Å²) in [5.41, 5.74) is 0.232. The summed E-state index contributed by atoms with van der Waals surface area (Å²) in [4.78, 5) is 30.4. The largest absolute Gasteiger partial charge is 0.462 e. The molecular weight excluding hydrogens is 196 g/mol. The molecular formula is C10H12N2O3. The molecule has 0 spiro atoms. The van der Waals surface area contributed by atoms with Gasteiger partial charge in [0.05, 0.1) is 6.61 Å². The minimum absolute atomic E-state index is 0.112. The number of aromatic nitrogens is 2. The fraction of sp³-hybridized carbons (Fsp3) is 0.400. The fourth-order valence-electron chi connectivity index (χ4n) is 1.10. The van der Waals surface area contributed by atoms with Gasteiger partial charge in [0.15, 0.2) is 5.78 Å². The number of esters is 1. The molecule has 0 aliphatic carbocycles. The molecule has 15 heavy (non-hydrogen) atoms. The number of aryl methyl sites for hydroxylation is 1. The van der Waals surface area contributed by atoms with Crippen LogP contribution >= 0.6 is 0 Å². The van der Waals surface area contributed by atoms with Crippen LogP contribution in [0.4, 0.5) is 0 Å². The molecule has 1 heterocycles. The van der Waals surface area contributed by atoms with Crippen molar-refractivity contribution in [3.63, 3.8) is 0 Å². The zero-order valence-corrected chi connectivity index (χ0v) is 8.90. The quantitative estimate of drug-likeness (QED) is 0.550. The van der Waals surface area contributed by atoms with Gasteiger partial charge in [0.25, 0.3) is 0 Å². The molecule has 0 atom stereocenters. The maximum Gasteiger partial charge on any atom is 0.342 e. The number of hydrogen-bond donors (Lipinski definition) is 0. The van der Waals surface area contributed by atoms with E-state index in [1.165, 1.54) is 13.1 Å². The van der Waals surface area contributed by atoms with E-state index in [4.69, 9.17) is 4.74 Å². The number of hydrogen-bond acceptors (Lipinski definition) is 5. The van der Waals surface area contributed by atoms with Crippen molar-refractivity contribution in [2.75, 3.05) is 6.61 Å². The van der Waals surface area contributed by atoms with Gasteiger partial charge < -0.3 is 4.74 Å². The fourth-order valence-corrected chi connectivity index (χ4v) is 1.10. The van der Waals surface area contributed by atoms with Gasteiger partial charge in [-0.25, -0.2) is 14.8 Å². The second-order valence-electron chi connectivity index (χ2n) is 2.96. The van der Waals surface area contributed by atoms with Crippen LogP contribution in [0.5, 0.6) is 0 Å². The van der Waals surface area contributed by atoms with Crippen molar-refractivity contribution in [2.24, 2.45) is 0 Å². The van der Waals surface area contributed by atoms with Crippen LogP contribution in [-0.4, -0.2) is 28.3 Å². The van der Waals surface area contributed by atoms with Gasteiger partial charge in [-0.1, -0.05) is 0 Å².